The largest absolute Gasteiger partial charge is 0.289 e. The lowest BCUT2D eigenvalue weighted by Gasteiger charge is -1.99. The lowest BCUT2D eigenvalue weighted by molar-refractivity contribution is 0.104. The summed E-state index contributed by atoms with van der Waals surface area (Å²) in [7, 11) is 0. The molecule has 0 aliphatic heterocycles. The highest BCUT2D eigenvalue weighted by atomic mass is 79.9. The summed E-state index contributed by atoms with van der Waals surface area (Å²) in [5, 5.41) is 0. The normalized spacial score (nSPS) is 10.8. The number of ketones is 1. The van der Waals surface area contributed by atoms with Crippen LogP contribution in [0.1, 0.15) is 15.9 Å². The first-order valence-corrected chi connectivity index (χ1v) is 7.83. The predicted octanol–water partition coefficient (Wildman–Crippen LogP) is 5.07. The standard InChI is InChI=1S/C16H13BrOS/c1-19-13-9-6-12(7-10-13)8-11-16(18)14-4-2-3-5-15(14)17/h2-11H,1H3/b11-8+. The second-order valence-corrected chi connectivity index (χ2v) is 5.68. The Bertz CT molecular complexity index is 602. The molecule has 2 aromatic rings. The Labute approximate surface area is 125 Å². The van der Waals surface area contributed by atoms with Gasteiger partial charge in [-0.15, -0.1) is 11.8 Å². The number of carbonyl (C=O) groups excluding carboxylic acids is 1. The van der Waals surface area contributed by atoms with Crippen LogP contribution in [0.4, 0.5) is 0 Å². The fraction of sp³-hybridized carbons (Fsp3) is 0.0625. The van der Waals surface area contributed by atoms with Crippen LogP contribution in [-0.4, -0.2) is 12.0 Å². The number of thioether (sulfide) groups is 1. The Kier molecular flexibility index (Phi) is 5.00. The van der Waals surface area contributed by atoms with E-state index in [0.29, 0.717) is 5.56 Å². The molecule has 0 saturated carbocycles. The van der Waals surface area contributed by atoms with Gasteiger partial charge < -0.3 is 0 Å². The van der Waals surface area contributed by atoms with Gasteiger partial charge in [-0.25, -0.2) is 0 Å². The molecule has 2 rings (SSSR count). The summed E-state index contributed by atoms with van der Waals surface area (Å²) in [5.74, 6) is 0.00131. The first-order valence-electron chi connectivity index (χ1n) is 5.81. The van der Waals surface area contributed by atoms with Crippen LogP contribution in [0, 0.1) is 0 Å². The number of hydrogen-bond donors (Lipinski definition) is 0. The fourth-order valence-corrected chi connectivity index (χ4v) is 2.53. The van der Waals surface area contributed by atoms with E-state index in [0.717, 1.165) is 10.0 Å². The molecule has 0 aliphatic carbocycles. The van der Waals surface area contributed by atoms with E-state index in [4.69, 9.17) is 0 Å². The van der Waals surface area contributed by atoms with E-state index >= 15 is 0 Å². The highest BCUT2D eigenvalue weighted by Gasteiger charge is 2.05. The monoisotopic (exact) mass is 332 g/mol. The highest BCUT2D eigenvalue weighted by Crippen LogP contribution is 2.18. The Morgan fingerprint density at radius 2 is 1.79 bits per heavy atom. The third kappa shape index (κ3) is 3.82. The third-order valence-corrected chi connectivity index (χ3v) is 4.12. The van der Waals surface area contributed by atoms with Gasteiger partial charge in [-0.2, -0.15) is 0 Å². The van der Waals surface area contributed by atoms with Gasteiger partial charge in [0.15, 0.2) is 5.78 Å². The van der Waals surface area contributed by atoms with Gasteiger partial charge in [-0.1, -0.05) is 46.3 Å². The molecule has 0 aliphatic rings. The fourth-order valence-electron chi connectivity index (χ4n) is 1.64. The lowest BCUT2D eigenvalue weighted by atomic mass is 10.1. The SMILES string of the molecule is CSc1ccc(/C=C/C(=O)c2ccccc2Br)cc1. The van der Waals surface area contributed by atoms with Gasteiger partial charge >= 0.3 is 0 Å². The molecule has 0 aromatic heterocycles. The molecule has 2 aromatic carbocycles. The topological polar surface area (TPSA) is 17.1 Å². The van der Waals surface area contributed by atoms with Crippen LogP contribution in [0.2, 0.25) is 0 Å². The first-order chi connectivity index (χ1) is 9.20. The average molecular weight is 333 g/mol. The molecule has 0 unspecified atom stereocenters. The summed E-state index contributed by atoms with van der Waals surface area (Å²) in [4.78, 5) is 13.3. The van der Waals surface area contributed by atoms with E-state index in [-0.39, 0.29) is 5.78 Å². The number of halogens is 1. The van der Waals surface area contributed by atoms with Crippen LogP contribution in [-0.2, 0) is 0 Å². The maximum Gasteiger partial charge on any atom is 0.186 e. The number of allylic oxidation sites excluding steroid dienone is 1. The van der Waals surface area contributed by atoms with Gasteiger partial charge in [0.2, 0.25) is 0 Å². The Morgan fingerprint density at radius 1 is 1.11 bits per heavy atom. The van der Waals surface area contributed by atoms with Crippen LogP contribution < -0.4 is 0 Å². The molecule has 0 saturated heterocycles. The van der Waals surface area contributed by atoms with Crippen LogP contribution in [0.3, 0.4) is 0 Å². The molecule has 0 fully saturated rings. The summed E-state index contributed by atoms with van der Waals surface area (Å²) in [5.41, 5.74) is 1.71. The molecule has 0 bridgehead atoms. The molecular weight excluding hydrogens is 320 g/mol. The number of carbonyl (C=O) groups is 1. The molecule has 3 heteroatoms. The minimum absolute atomic E-state index is 0.00131. The third-order valence-electron chi connectivity index (χ3n) is 2.68. The number of benzene rings is 2. The van der Waals surface area contributed by atoms with Crippen molar-refractivity contribution < 1.29 is 4.79 Å². The van der Waals surface area contributed by atoms with E-state index in [1.807, 2.05) is 60.9 Å². The maximum absolute atomic E-state index is 12.0. The van der Waals surface area contributed by atoms with E-state index in [1.54, 1.807) is 17.8 Å². The van der Waals surface area contributed by atoms with Gasteiger partial charge in [0.1, 0.15) is 0 Å². The van der Waals surface area contributed by atoms with Gasteiger partial charge in [-0.3, -0.25) is 4.79 Å². The van der Waals surface area contributed by atoms with Crippen LogP contribution in [0.5, 0.6) is 0 Å². The van der Waals surface area contributed by atoms with Crippen molar-refractivity contribution in [3.05, 3.63) is 70.2 Å². The zero-order chi connectivity index (χ0) is 13.7. The number of hydrogen-bond acceptors (Lipinski definition) is 2. The molecule has 19 heavy (non-hydrogen) atoms. The molecular formula is C16H13BrOS. The van der Waals surface area contributed by atoms with E-state index in [2.05, 4.69) is 15.9 Å². The van der Waals surface area contributed by atoms with Crippen molar-refractivity contribution in [2.75, 3.05) is 6.26 Å². The summed E-state index contributed by atoms with van der Waals surface area (Å²) < 4.78 is 0.822. The molecule has 0 atom stereocenters. The average Bonchev–Trinajstić information content (AvgIpc) is 2.46. The summed E-state index contributed by atoms with van der Waals surface area (Å²) >= 11 is 5.09. The van der Waals surface area contributed by atoms with Crippen LogP contribution in [0.15, 0.2) is 64.0 Å². The molecule has 0 N–H and O–H groups in total. The van der Waals surface area contributed by atoms with E-state index in [9.17, 15) is 4.79 Å². The maximum atomic E-state index is 12.0. The minimum Gasteiger partial charge on any atom is -0.289 e. The minimum atomic E-state index is 0.00131. The predicted molar refractivity (Wildman–Crippen MR) is 85.7 cm³/mol. The summed E-state index contributed by atoms with van der Waals surface area (Å²) in [6, 6.07) is 15.6. The first kappa shape index (κ1) is 14.1. The smallest absolute Gasteiger partial charge is 0.186 e. The van der Waals surface area contributed by atoms with Crippen LogP contribution >= 0.6 is 27.7 Å². The Morgan fingerprint density at radius 3 is 2.42 bits per heavy atom. The van der Waals surface area contributed by atoms with Crippen molar-refractivity contribution in [2.24, 2.45) is 0 Å². The van der Waals surface area contributed by atoms with E-state index < -0.39 is 0 Å². The second kappa shape index (κ2) is 6.73. The molecule has 0 radical (unpaired) electrons. The second-order valence-electron chi connectivity index (χ2n) is 3.95. The van der Waals surface area contributed by atoms with Crippen molar-refractivity contribution in [3.63, 3.8) is 0 Å². The highest BCUT2D eigenvalue weighted by molar-refractivity contribution is 9.10. The Hall–Kier alpha value is -1.32. The van der Waals surface area contributed by atoms with Gasteiger partial charge in [0, 0.05) is 14.9 Å². The quantitative estimate of drug-likeness (QED) is 0.442. The van der Waals surface area contributed by atoms with Crippen molar-refractivity contribution in [1.29, 1.82) is 0 Å². The zero-order valence-corrected chi connectivity index (χ0v) is 12.9. The van der Waals surface area contributed by atoms with Crippen LogP contribution in [0.25, 0.3) is 6.08 Å². The molecule has 0 heterocycles. The Balaban J connectivity index is 2.14. The molecule has 0 spiro atoms. The van der Waals surface area contributed by atoms with Gasteiger partial charge in [0.05, 0.1) is 0 Å². The van der Waals surface area contributed by atoms with Gasteiger partial charge in [0.25, 0.3) is 0 Å². The molecule has 1 nitrogen and oxygen atoms in total. The van der Waals surface area contributed by atoms with E-state index in [1.165, 1.54) is 4.90 Å². The molecule has 96 valence electrons. The summed E-state index contributed by atoms with van der Waals surface area (Å²) in [6.45, 7) is 0. The van der Waals surface area contributed by atoms with Crippen molar-refractivity contribution >= 4 is 39.6 Å². The zero-order valence-electron chi connectivity index (χ0n) is 10.5. The van der Waals surface area contributed by atoms with Crippen molar-refractivity contribution in [2.45, 2.75) is 4.90 Å². The van der Waals surface area contributed by atoms with Crippen molar-refractivity contribution in [1.82, 2.24) is 0 Å². The molecule has 0 amide bonds. The van der Waals surface area contributed by atoms with Crippen molar-refractivity contribution in [3.8, 4) is 0 Å². The lowest BCUT2D eigenvalue weighted by Crippen LogP contribution is -1.94. The summed E-state index contributed by atoms with van der Waals surface area (Å²) in [6.07, 6.45) is 5.49. The van der Waals surface area contributed by atoms with Gasteiger partial charge in [-0.05, 0) is 42.2 Å². The number of rotatable bonds is 4.